The quantitative estimate of drug-likeness (QED) is 0.732. The molecule has 0 heterocycles. The molecule has 1 fully saturated rings. The van der Waals surface area contributed by atoms with Gasteiger partial charge in [0.2, 0.25) is 0 Å². The minimum Gasteiger partial charge on any atom is -0.325 e. The third kappa shape index (κ3) is 4.20. The topological polar surface area (TPSA) is 26.0 Å². The van der Waals surface area contributed by atoms with E-state index in [0.717, 1.165) is 31.2 Å². The maximum absolute atomic E-state index is 13.6. The van der Waals surface area contributed by atoms with Crippen LogP contribution in [0.4, 0.5) is 4.39 Å². The fourth-order valence-corrected chi connectivity index (χ4v) is 3.73. The van der Waals surface area contributed by atoms with Gasteiger partial charge < -0.3 is 5.73 Å². The molecule has 0 bridgehead atoms. The van der Waals surface area contributed by atoms with E-state index in [1.165, 1.54) is 12.5 Å². The van der Waals surface area contributed by atoms with Crippen LogP contribution in [0.3, 0.4) is 0 Å². The predicted molar refractivity (Wildman–Crippen MR) is 88.1 cm³/mol. The van der Waals surface area contributed by atoms with E-state index in [4.69, 9.17) is 17.3 Å². The normalized spacial score (nSPS) is 27.4. The monoisotopic (exact) mass is 311 g/mol. The third-order valence-electron chi connectivity index (χ3n) is 5.02. The smallest absolute Gasteiger partial charge is 0.142 e. The largest absolute Gasteiger partial charge is 0.325 e. The summed E-state index contributed by atoms with van der Waals surface area (Å²) in [6, 6.07) is 5.01. The van der Waals surface area contributed by atoms with Crippen LogP contribution in [0, 0.1) is 17.2 Å². The van der Waals surface area contributed by atoms with Crippen LogP contribution in [-0.2, 0) is 6.42 Å². The van der Waals surface area contributed by atoms with Crippen molar-refractivity contribution in [2.45, 2.75) is 64.8 Å². The zero-order chi connectivity index (χ0) is 15.7. The van der Waals surface area contributed by atoms with Gasteiger partial charge in [-0.2, -0.15) is 0 Å². The van der Waals surface area contributed by atoms with E-state index in [1.807, 2.05) is 6.07 Å². The van der Waals surface area contributed by atoms with Crippen LogP contribution < -0.4 is 5.73 Å². The van der Waals surface area contributed by atoms with Crippen LogP contribution >= 0.6 is 11.6 Å². The Morgan fingerprint density at radius 2 is 2.00 bits per heavy atom. The summed E-state index contributed by atoms with van der Waals surface area (Å²) >= 11 is 6.09. The average Bonchev–Trinajstić information content (AvgIpc) is 2.57. The average molecular weight is 312 g/mol. The second-order valence-electron chi connectivity index (χ2n) is 7.75. The van der Waals surface area contributed by atoms with Crippen molar-refractivity contribution in [1.29, 1.82) is 0 Å². The minimum atomic E-state index is -0.348. The van der Waals surface area contributed by atoms with Crippen molar-refractivity contribution in [3.8, 4) is 0 Å². The molecule has 2 N–H and O–H groups in total. The highest BCUT2D eigenvalue weighted by Gasteiger charge is 2.34. The summed E-state index contributed by atoms with van der Waals surface area (Å²) in [5.41, 5.74) is 7.56. The number of hydrogen-bond acceptors (Lipinski definition) is 1. The second kappa shape index (κ2) is 6.26. The molecule has 2 rings (SSSR count). The Labute approximate surface area is 133 Å². The molecule has 1 aliphatic carbocycles. The van der Waals surface area contributed by atoms with Gasteiger partial charge >= 0.3 is 0 Å². The van der Waals surface area contributed by atoms with E-state index < -0.39 is 0 Å². The zero-order valence-electron chi connectivity index (χ0n) is 13.4. The van der Waals surface area contributed by atoms with Gasteiger partial charge in [-0.1, -0.05) is 50.9 Å². The van der Waals surface area contributed by atoms with E-state index in [2.05, 4.69) is 20.8 Å². The number of nitrogens with two attached hydrogens (primary N) is 1. The summed E-state index contributed by atoms with van der Waals surface area (Å²) < 4.78 is 13.6. The van der Waals surface area contributed by atoms with E-state index in [1.54, 1.807) is 6.07 Å². The highest BCUT2D eigenvalue weighted by molar-refractivity contribution is 6.31. The van der Waals surface area contributed by atoms with Crippen molar-refractivity contribution >= 4 is 11.6 Å². The molecule has 21 heavy (non-hydrogen) atoms. The summed E-state index contributed by atoms with van der Waals surface area (Å²) in [5.74, 6) is 0.366. The molecule has 2 atom stereocenters. The predicted octanol–water partition coefficient (Wildman–Crippen LogP) is 5.35. The maximum atomic E-state index is 13.6. The molecule has 0 aliphatic heterocycles. The van der Waals surface area contributed by atoms with E-state index >= 15 is 0 Å². The fraction of sp³-hybridized carbons (Fsp3) is 0.667. The van der Waals surface area contributed by atoms with Gasteiger partial charge in [-0.15, -0.1) is 0 Å². The van der Waals surface area contributed by atoms with Gasteiger partial charge in [-0.3, -0.25) is 0 Å². The molecule has 1 aromatic rings. The summed E-state index contributed by atoms with van der Waals surface area (Å²) in [6.07, 6.45) is 6.17. The minimum absolute atomic E-state index is 0.235. The van der Waals surface area contributed by atoms with Gasteiger partial charge in [0.05, 0.1) is 5.02 Å². The third-order valence-corrected chi connectivity index (χ3v) is 5.44. The zero-order valence-corrected chi connectivity index (χ0v) is 14.1. The van der Waals surface area contributed by atoms with Crippen molar-refractivity contribution in [3.05, 3.63) is 34.6 Å². The lowest BCUT2D eigenvalue weighted by Crippen LogP contribution is -2.41. The SMILES string of the molecule is CC(C)(C)C1CCCC(N)(Cc2cccc(F)c2Cl)CC1. The molecule has 0 radical (unpaired) electrons. The number of hydrogen-bond donors (Lipinski definition) is 1. The molecule has 0 amide bonds. The first-order valence-corrected chi connectivity index (χ1v) is 8.31. The van der Waals surface area contributed by atoms with Gasteiger partial charge in [0.1, 0.15) is 5.82 Å². The molecule has 0 saturated heterocycles. The van der Waals surface area contributed by atoms with Crippen molar-refractivity contribution in [2.75, 3.05) is 0 Å². The molecular formula is C18H27ClFN. The summed E-state index contributed by atoms with van der Waals surface area (Å²) in [4.78, 5) is 0. The van der Waals surface area contributed by atoms with Crippen LogP contribution in [-0.4, -0.2) is 5.54 Å². The number of rotatable bonds is 2. The Kier molecular flexibility index (Phi) is 4.99. The van der Waals surface area contributed by atoms with Gasteiger partial charge in [0.15, 0.2) is 0 Å². The number of benzene rings is 1. The van der Waals surface area contributed by atoms with E-state index in [0.29, 0.717) is 17.8 Å². The lowest BCUT2D eigenvalue weighted by molar-refractivity contribution is 0.210. The summed E-state index contributed by atoms with van der Waals surface area (Å²) in [7, 11) is 0. The van der Waals surface area contributed by atoms with Crippen LogP contribution in [0.5, 0.6) is 0 Å². The first kappa shape index (κ1) is 16.8. The molecular weight excluding hydrogens is 285 g/mol. The Morgan fingerprint density at radius 3 is 2.67 bits per heavy atom. The molecule has 118 valence electrons. The number of halogens is 2. The van der Waals surface area contributed by atoms with E-state index in [9.17, 15) is 4.39 Å². The van der Waals surface area contributed by atoms with E-state index in [-0.39, 0.29) is 16.4 Å². The second-order valence-corrected chi connectivity index (χ2v) is 8.12. The summed E-state index contributed by atoms with van der Waals surface area (Å²) in [6.45, 7) is 6.93. The summed E-state index contributed by atoms with van der Waals surface area (Å²) in [5, 5.41) is 0.235. The molecule has 0 spiro atoms. The van der Waals surface area contributed by atoms with Crippen molar-refractivity contribution in [2.24, 2.45) is 17.1 Å². The molecule has 0 aromatic heterocycles. The first-order chi connectivity index (χ1) is 9.71. The van der Waals surface area contributed by atoms with Gasteiger partial charge in [-0.05, 0) is 55.1 Å². The Hall–Kier alpha value is -0.600. The van der Waals surface area contributed by atoms with Crippen molar-refractivity contribution < 1.29 is 4.39 Å². The molecule has 1 aliphatic rings. The fourth-order valence-electron chi connectivity index (χ4n) is 3.54. The van der Waals surface area contributed by atoms with Gasteiger partial charge in [0.25, 0.3) is 0 Å². The maximum Gasteiger partial charge on any atom is 0.142 e. The Balaban J connectivity index is 2.11. The lowest BCUT2D eigenvalue weighted by atomic mass is 9.76. The highest BCUT2D eigenvalue weighted by Crippen LogP contribution is 2.40. The van der Waals surface area contributed by atoms with Crippen LogP contribution in [0.15, 0.2) is 18.2 Å². The van der Waals surface area contributed by atoms with Crippen LogP contribution in [0.25, 0.3) is 0 Å². The van der Waals surface area contributed by atoms with Crippen LogP contribution in [0.1, 0.15) is 58.4 Å². The first-order valence-electron chi connectivity index (χ1n) is 7.93. The molecule has 1 nitrogen and oxygen atoms in total. The molecule has 1 aromatic carbocycles. The van der Waals surface area contributed by atoms with Crippen LogP contribution in [0.2, 0.25) is 5.02 Å². The Morgan fingerprint density at radius 1 is 1.29 bits per heavy atom. The molecule has 3 heteroatoms. The highest BCUT2D eigenvalue weighted by atomic mass is 35.5. The molecule has 2 unspecified atom stereocenters. The van der Waals surface area contributed by atoms with Gasteiger partial charge in [0, 0.05) is 5.54 Å². The van der Waals surface area contributed by atoms with Gasteiger partial charge in [-0.25, -0.2) is 4.39 Å². The van der Waals surface area contributed by atoms with Crippen molar-refractivity contribution in [1.82, 2.24) is 0 Å². The Bertz CT molecular complexity index is 494. The van der Waals surface area contributed by atoms with Crippen molar-refractivity contribution in [3.63, 3.8) is 0 Å². The molecule has 1 saturated carbocycles. The standard InChI is InChI=1S/C18H27ClFN/c1-17(2,3)14-7-5-10-18(21,11-9-14)12-13-6-4-8-15(20)16(13)19/h4,6,8,14H,5,7,9-12,21H2,1-3H3. The lowest BCUT2D eigenvalue weighted by Gasteiger charge is -2.31.